The van der Waals surface area contributed by atoms with Gasteiger partial charge in [-0.15, -0.1) is 5.10 Å². The Hall–Kier alpha value is -4.50. The molecule has 0 aliphatic carbocycles. The van der Waals surface area contributed by atoms with Gasteiger partial charge in [0.05, 0.1) is 25.0 Å². The average molecular weight is 554 g/mol. The van der Waals surface area contributed by atoms with Gasteiger partial charge in [-0.25, -0.2) is 4.39 Å². The zero-order valence-electron chi connectivity index (χ0n) is 22.2. The van der Waals surface area contributed by atoms with Crippen LogP contribution in [0, 0.1) is 5.82 Å². The topological polar surface area (TPSA) is 169 Å². The minimum atomic E-state index is -0.342. The largest absolute Gasteiger partial charge is 0.492 e. The van der Waals surface area contributed by atoms with Crippen molar-refractivity contribution in [2.75, 3.05) is 81.5 Å². The highest BCUT2D eigenvalue weighted by molar-refractivity contribution is 5.77. The lowest BCUT2D eigenvalue weighted by molar-refractivity contribution is -0.119. The molecule has 40 heavy (non-hydrogen) atoms. The number of anilines is 3. The van der Waals surface area contributed by atoms with Gasteiger partial charge in [0.25, 0.3) is 5.78 Å². The smallest absolute Gasteiger partial charge is 0.259 e. The molecular formula is C25H32FN11O3. The number of carbonyl (C=O) groups excluding carboxylic acids is 1. The molecule has 1 aromatic carbocycles. The molecule has 1 saturated heterocycles. The van der Waals surface area contributed by atoms with Gasteiger partial charge in [0.1, 0.15) is 18.2 Å². The third-order valence-corrected chi connectivity index (χ3v) is 6.57. The van der Waals surface area contributed by atoms with Gasteiger partial charge < -0.3 is 35.7 Å². The Morgan fingerprint density at radius 2 is 2.02 bits per heavy atom. The van der Waals surface area contributed by atoms with Gasteiger partial charge in [0, 0.05) is 52.4 Å². The highest BCUT2D eigenvalue weighted by Gasteiger charge is 2.21. The molecule has 0 radical (unpaired) electrons. The van der Waals surface area contributed by atoms with Crippen molar-refractivity contribution >= 4 is 29.3 Å². The van der Waals surface area contributed by atoms with Crippen LogP contribution >= 0.6 is 0 Å². The van der Waals surface area contributed by atoms with E-state index in [1.807, 2.05) is 16.8 Å². The predicted octanol–water partition coefficient (Wildman–Crippen LogP) is 0.213. The van der Waals surface area contributed by atoms with Gasteiger partial charge in [0.2, 0.25) is 23.6 Å². The molecule has 0 spiro atoms. The summed E-state index contributed by atoms with van der Waals surface area (Å²) in [6.45, 7) is 4.85. The summed E-state index contributed by atoms with van der Waals surface area (Å²) in [6, 6.07) is 8.36. The first kappa shape index (κ1) is 27.1. The van der Waals surface area contributed by atoms with Gasteiger partial charge in [-0.3, -0.25) is 9.69 Å². The Kier molecular flexibility index (Phi) is 8.21. The number of nitrogen functional groups attached to an aromatic ring is 1. The van der Waals surface area contributed by atoms with Crippen molar-refractivity contribution in [3.05, 3.63) is 42.4 Å². The number of nitrogens with zero attached hydrogens (tertiary/aromatic N) is 8. The molecule has 0 saturated carbocycles. The van der Waals surface area contributed by atoms with Crippen molar-refractivity contribution in [3.63, 3.8) is 0 Å². The third kappa shape index (κ3) is 6.21. The molecule has 4 heterocycles. The van der Waals surface area contributed by atoms with Gasteiger partial charge >= 0.3 is 0 Å². The molecule has 14 nitrogen and oxygen atoms in total. The zero-order chi connectivity index (χ0) is 28.1. The SMILES string of the molecule is CN(CCN1CCN(c2ccc(OCCNC(=O)CN)cc2F)CC1)c1nc(N)n2nc(-c3ccco3)nc2n1. The van der Waals surface area contributed by atoms with Crippen molar-refractivity contribution in [2.45, 2.75) is 0 Å². The van der Waals surface area contributed by atoms with Crippen LogP contribution in [0.15, 0.2) is 41.0 Å². The quantitative estimate of drug-likeness (QED) is 0.216. The van der Waals surface area contributed by atoms with Crippen LogP contribution in [-0.4, -0.2) is 101 Å². The first-order valence-electron chi connectivity index (χ1n) is 12.9. The Bertz CT molecular complexity index is 1440. The van der Waals surface area contributed by atoms with E-state index in [2.05, 4.69) is 30.3 Å². The van der Waals surface area contributed by atoms with Crippen LogP contribution in [0.1, 0.15) is 0 Å². The molecule has 1 aliphatic heterocycles. The zero-order valence-corrected chi connectivity index (χ0v) is 22.2. The lowest BCUT2D eigenvalue weighted by Crippen LogP contribution is -2.48. The number of carbonyl (C=O) groups is 1. The van der Waals surface area contributed by atoms with Crippen LogP contribution in [0.4, 0.5) is 22.0 Å². The second-order valence-electron chi connectivity index (χ2n) is 9.27. The molecule has 5 rings (SSSR count). The molecule has 0 bridgehead atoms. The lowest BCUT2D eigenvalue weighted by Gasteiger charge is -2.36. The minimum Gasteiger partial charge on any atom is -0.492 e. The third-order valence-electron chi connectivity index (χ3n) is 6.57. The van der Waals surface area contributed by atoms with E-state index in [9.17, 15) is 9.18 Å². The first-order valence-corrected chi connectivity index (χ1v) is 12.9. The van der Waals surface area contributed by atoms with Crippen molar-refractivity contribution in [2.24, 2.45) is 5.73 Å². The summed E-state index contributed by atoms with van der Waals surface area (Å²) in [4.78, 5) is 30.7. The van der Waals surface area contributed by atoms with Crippen LogP contribution in [0.3, 0.4) is 0 Å². The summed E-state index contributed by atoms with van der Waals surface area (Å²) < 4.78 is 27.1. The summed E-state index contributed by atoms with van der Waals surface area (Å²) in [5, 5.41) is 6.93. The number of ether oxygens (including phenoxy) is 1. The van der Waals surface area contributed by atoms with Crippen molar-refractivity contribution in [1.82, 2.24) is 34.8 Å². The highest BCUT2D eigenvalue weighted by atomic mass is 19.1. The molecule has 3 aromatic heterocycles. The normalized spacial score (nSPS) is 14.0. The Balaban J connectivity index is 1.10. The number of hydrogen-bond acceptors (Lipinski definition) is 12. The fourth-order valence-corrected chi connectivity index (χ4v) is 4.34. The predicted molar refractivity (Wildman–Crippen MR) is 147 cm³/mol. The monoisotopic (exact) mass is 553 g/mol. The van der Waals surface area contributed by atoms with Crippen LogP contribution in [0.2, 0.25) is 0 Å². The van der Waals surface area contributed by atoms with E-state index in [0.29, 0.717) is 60.9 Å². The summed E-state index contributed by atoms with van der Waals surface area (Å²) in [6.07, 6.45) is 1.55. The van der Waals surface area contributed by atoms with Crippen LogP contribution < -0.4 is 31.3 Å². The number of nitrogens with two attached hydrogens (primary N) is 2. The highest BCUT2D eigenvalue weighted by Crippen LogP contribution is 2.25. The number of piperazine rings is 1. The maximum absolute atomic E-state index is 14.8. The van der Waals surface area contributed by atoms with Crippen molar-refractivity contribution in [3.8, 4) is 17.3 Å². The number of furan rings is 1. The minimum absolute atomic E-state index is 0.0779. The number of aromatic nitrogens is 5. The van der Waals surface area contributed by atoms with E-state index in [0.717, 1.165) is 19.6 Å². The van der Waals surface area contributed by atoms with E-state index >= 15 is 0 Å². The number of hydrogen-bond donors (Lipinski definition) is 3. The van der Waals surface area contributed by atoms with Crippen LogP contribution in [0.25, 0.3) is 17.4 Å². The van der Waals surface area contributed by atoms with Crippen molar-refractivity contribution in [1.29, 1.82) is 0 Å². The number of halogens is 1. The first-order chi connectivity index (χ1) is 19.4. The molecule has 1 amide bonds. The van der Waals surface area contributed by atoms with Gasteiger partial charge in [-0.05, 0) is 24.3 Å². The standard InChI is InChI=1S/C25H32FN11O3/c1-34(24-31-23(28)37-25(32-24)30-22(33-37)20-3-2-13-40-20)7-8-35-9-11-36(12-10-35)19-5-4-17(15-18(19)26)39-14-6-29-21(38)16-27/h2-5,13,15H,6-12,14,16,27H2,1H3,(H,29,38)(H2,28,30,31,32,33). The second kappa shape index (κ2) is 12.1. The van der Waals surface area contributed by atoms with E-state index < -0.39 is 0 Å². The molecule has 1 fully saturated rings. The van der Waals surface area contributed by atoms with Gasteiger partial charge in [-0.1, -0.05) is 0 Å². The summed E-state index contributed by atoms with van der Waals surface area (Å²) in [5.41, 5.74) is 11.9. The number of benzene rings is 1. The number of fused-ring (bicyclic) bond motifs is 1. The van der Waals surface area contributed by atoms with E-state index in [4.69, 9.17) is 20.6 Å². The van der Waals surface area contributed by atoms with Crippen molar-refractivity contribution < 1.29 is 18.3 Å². The maximum atomic E-state index is 14.8. The number of likely N-dealkylation sites (N-methyl/N-ethyl adjacent to an activating group) is 1. The lowest BCUT2D eigenvalue weighted by atomic mass is 10.2. The van der Waals surface area contributed by atoms with Gasteiger partial charge in [-0.2, -0.15) is 19.5 Å². The fraction of sp³-hybridized carbons (Fsp3) is 0.400. The summed E-state index contributed by atoms with van der Waals surface area (Å²) in [5.74, 6) is 1.69. The number of amides is 1. The summed E-state index contributed by atoms with van der Waals surface area (Å²) >= 11 is 0. The molecular weight excluding hydrogens is 521 g/mol. The molecule has 0 unspecified atom stereocenters. The van der Waals surface area contributed by atoms with E-state index in [1.54, 1.807) is 30.5 Å². The van der Waals surface area contributed by atoms with E-state index in [1.165, 1.54) is 10.6 Å². The number of rotatable bonds is 11. The van der Waals surface area contributed by atoms with Crippen LogP contribution in [-0.2, 0) is 4.79 Å². The Labute approximate surface area is 229 Å². The Morgan fingerprint density at radius 1 is 1.20 bits per heavy atom. The molecule has 1 aliphatic rings. The fourth-order valence-electron chi connectivity index (χ4n) is 4.34. The molecule has 212 valence electrons. The van der Waals surface area contributed by atoms with E-state index in [-0.39, 0.29) is 30.8 Å². The van der Waals surface area contributed by atoms with Gasteiger partial charge in [0.15, 0.2) is 5.76 Å². The molecule has 0 atom stereocenters. The summed E-state index contributed by atoms with van der Waals surface area (Å²) in [7, 11) is 1.90. The molecule has 4 aromatic rings. The molecule has 5 N–H and O–H groups in total. The second-order valence-corrected chi connectivity index (χ2v) is 9.27. The van der Waals surface area contributed by atoms with Crippen LogP contribution in [0.5, 0.6) is 5.75 Å². The maximum Gasteiger partial charge on any atom is 0.259 e. The average Bonchev–Trinajstić information content (AvgIpc) is 3.65. The number of nitrogens with one attached hydrogen (secondary N) is 1. The molecule has 15 heteroatoms. The Morgan fingerprint density at radius 3 is 2.75 bits per heavy atom.